The van der Waals surface area contributed by atoms with Crippen molar-refractivity contribution < 1.29 is 4.79 Å². The number of Topliss-reactive ketones (excluding diaryl/α,β-unsaturated/α-hetero) is 1. The molecule has 3 heteroatoms. The van der Waals surface area contributed by atoms with E-state index in [9.17, 15) is 4.79 Å². The van der Waals surface area contributed by atoms with E-state index in [0.29, 0.717) is 18.2 Å². The number of hydrogen-bond donors (Lipinski definition) is 0. The molecular weight excluding hydrogens is 188 g/mol. The highest BCUT2D eigenvalue weighted by molar-refractivity contribution is 5.77. The maximum absolute atomic E-state index is 11.1. The molecule has 0 amide bonds. The average Bonchev–Trinajstić information content (AvgIpc) is 2.23. The number of likely N-dealkylation sites (N-methyl/N-ethyl adjacent to an activating group) is 1. The molecule has 0 saturated carbocycles. The second kappa shape index (κ2) is 6.23. The molecule has 3 nitrogen and oxygen atoms in total. The Labute approximate surface area is 93.4 Å². The third-order valence-corrected chi connectivity index (χ3v) is 3.37. The molecule has 1 rings (SSSR count). The molecule has 0 aromatic carbocycles. The van der Waals surface area contributed by atoms with Crippen molar-refractivity contribution in [2.45, 2.75) is 39.2 Å². The Morgan fingerprint density at radius 2 is 2.13 bits per heavy atom. The molecule has 1 fully saturated rings. The van der Waals surface area contributed by atoms with Gasteiger partial charge >= 0.3 is 0 Å². The summed E-state index contributed by atoms with van der Waals surface area (Å²) in [5, 5.41) is 0. The molecule has 0 radical (unpaired) electrons. The van der Waals surface area contributed by atoms with Crippen LogP contribution in [0.4, 0.5) is 0 Å². The molecule has 88 valence electrons. The number of hydrogen-bond acceptors (Lipinski definition) is 3. The summed E-state index contributed by atoms with van der Waals surface area (Å²) in [6, 6.07) is 0.653. The molecule has 0 N–H and O–H groups in total. The van der Waals surface area contributed by atoms with Crippen molar-refractivity contribution in [1.82, 2.24) is 9.80 Å². The molecule has 1 saturated heterocycles. The molecule has 0 bridgehead atoms. The number of piperazine rings is 1. The summed E-state index contributed by atoms with van der Waals surface area (Å²) in [6.07, 6.45) is 2.49. The van der Waals surface area contributed by atoms with Crippen molar-refractivity contribution in [3.8, 4) is 0 Å². The van der Waals surface area contributed by atoms with Crippen molar-refractivity contribution in [1.29, 1.82) is 0 Å². The van der Waals surface area contributed by atoms with E-state index in [1.807, 2.05) is 6.92 Å². The third kappa shape index (κ3) is 4.31. The number of carbonyl (C=O) groups excluding carboxylic acids is 1. The lowest BCUT2D eigenvalue weighted by atomic mass is 10.1. The Kier molecular flexibility index (Phi) is 5.26. The fourth-order valence-corrected chi connectivity index (χ4v) is 2.00. The van der Waals surface area contributed by atoms with Gasteiger partial charge in [0, 0.05) is 38.5 Å². The second-order valence-electron chi connectivity index (χ2n) is 4.63. The van der Waals surface area contributed by atoms with Gasteiger partial charge in [0.15, 0.2) is 0 Å². The van der Waals surface area contributed by atoms with Crippen LogP contribution in [0, 0.1) is 0 Å². The zero-order chi connectivity index (χ0) is 11.3. The lowest BCUT2D eigenvalue weighted by molar-refractivity contribution is -0.118. The molecular formula is C12H24N2O. The lowest BCUT2D eigenvalue weighted by Crippen LogP contribution is -2.50. The summed E-state index contributed by atoms with van der Waals surface area (Å²) in [4.78, 5) is 16.0. The molecule has 15 heavy (non-hydrogen) atoms. The van der Waals surface area contributed by atoms with E-state index in [1.165, 1.54) is 0 Å². The van der Waals surface area contributed by atoms with Gasteiger partial charge in [0.25, 0.3) is 0 Å². The van der Waals surface area contributed by atoms with Gasteiger partial charge < -0.3 is 9.80 Å². The maximum Gasteiger partial charge on any atom is 0.132 e. The Hall–Kier alpha value is -0.410. The van der Waals surface area contributed by atoms with Gasteiger partial charge in [0.1, 0.15) is 5.78 Å². The maximum atomic E-state index is 11.1. The summed E-state index contributed by atoms with van der Waals surface area (Å²) >= 11 is 0. The minimum atomic E-state index is 0.400. The minimum Gasteiger partial charge on any atom is -0.301 e. The summed E-state index contributed by atoms with van der Waals surface area (Å²) in [5.74, 6) is 0.400. The van der Waals surface area contributed by atoms with Gasteiger partial charge in [0.2, 0.25) is 0 Å². The predicted octanol–water partition coefficient (Wildman–Crippen LogP) is 1.38. The molecule has 0 aromatic rings. The van der Waals surface area contributed by atoms with Crippen LogP contribution in [-0.4, -0.2) is 54.9 Å². The highest BCUT2D eigenvalue weighted by Gasteiger charge is 2.19. The highest BCUT2D eigenvalue weighted by Crippen LogP contribution is 2.08. The first-order valence-electron chi connectivity index (χ1n) is 6.07. The van der Waals surface area contributed by atoms with Gasteiger partial charge in [-0.05, 0) is 26.9 Å². The number of ketones is 1. The first kappa shape index (κ1) is 12.7. The normalized spacial score (nSPS) is 24.3. The quantitative estimate of drug-likeness (QED) is 0.688. The highest BCUT2D eigenvalue weighted by atomic mass is 16.1. The summed E-state index contributed by atoms with van der Waals surface area (Å²) in [5.41, 5.74) is 0. The summed E-state index contributed by atoms with van der Waals surface area (Å²) in [6.45, 7) is 8.76. The average molecular weight is 212 g/mol. The van der Waals surface area contributed by atoms with Crippen molar-refractivity contribution in [2.24, 2.45) is 0 Å². The van der Waals surface area contributed by atoms with Gasteiger partial charge in [-0.1, -0.05) is 6.92 Å². The minimum absolute atomic E-state index is 0.400. The molecule has 0 spiro atoms. The first-order valence-corrected chi connectivity index (χ1v) is 6.07. The van der Waals surface area contributed by atoms with Crippen molar-refractivity contribution in [2.75, 3.05) is 33.2 Å². The number of carbonyl (C=O) groups is 1. The Balaban J connectivity index is 2.14. The molecule has 1 unspecified atom stereocenters. The van der Waals surface area contributed by atoms with Gasteiger partial charge in [0.05, 0.1) is 0 Å². The predicted molar refractivity (Wildman–Crippen MR) is 63.1 cm³/mol. The lowest BCUT2D eigenvalue weighted by Gasteiger charge is -2.37. The van der Waals surface area contributed by atoms with E-state index >= 15 is 0 Å². The van der Waals surface area contributed by atoms with E-state index < -0.39 is 0 Å². The van der Waals surface area contributed by atoms with Crippen LogP contribution in [0.3, 0.4) is 0 Å². The van der Waals surface area contributed by atoms with Gasteiger partial charge in [-0.15, -0.1) is 0 Å². The molecule has 1 heterocycles. The fraction of sp³-hybridized carbons (Fsp3) is 0.917. The van der Waals surface area contributed by atoms with Crippen LogP contribution in [0.15, 0.2) is 0 Å². The zero-order valence-electron chi connectivity index (χ0n) is 10.3. The van der Waals surface area contributed by atoms with Crippen molar-refractivity contribution in [3.63, 3.8) is 0 Å². The van der Waals surface area contributed by atoms with E-state index in [1.54, 1.807) is 0 Å². The first-order chi connectivity index (χ1) is 7.13. The Morgan fingerprint density at radius 1 is 1.40 bits per heavy atom. The van der Waals surface area contributed by atoms with Crippen LogP contribution < -0.4 is 0 Å². The topological polar surface area (TPSA) is 23.6 Å². The van der Waals surface area contributed by atoms with Crippen molar-refractivity contribution in [3.05, 3.63) is 0 Å². The number of rotatable bonds is 5. The van der Waals surface area contributed by atoms with Crippen LogP contribution >= 0.6 is 0 Å². The molecule has 0 aliphatic carbocycles. The van der Waals surface area contributed by atoms with Gasteiger partial charge in [-0.2, -0.15) is 0 Å². The molecule has 0 aromatic heterocycles. The summed E-state index contributed by atoms with van der Waals surface area (Å²) < 4.78 is 0. The molecule has 1 atom stereocenters. The van der Waals surface area contributed by atoms with E-state index in [2.05, 4.69) is 23.8 Å². The molecule has 1 aliphatic rings. The van der Waals surface area contributed by atoms with Crippen LogP contribution in [0.1, 0.15) is 33.1 Å². The smallest absolute Gasteiger partial charge is 0.132 e. The SMILES string of the molecule is CCC(=O)CCCN1CCN(C)C(C)C1. The fourth-order valence-electron chi connectivity index (χ4n) is 2.00. The standard InChI is InChI=1S/C12H24N2O/c1-4-12(15)6-5-7-14-9-8-13(3)11(2)10-14/h11H,4-10H2,1-3H3. The van der Waals surface area contributed by atoms with E-state index in [4.69, 9.17) is 0 Å². The Bertz CT molecular complexity index is 206. The zero-order valence-corrected chi connectivity index (χ0v) is 10.3. The number of nitrogens with zero attached hydrogens (tertiary/aromatic N) is 2. The second-order valence-corrected chi connectivity index (χ2v) is 4.63. The van der Waals surface area contributed by atoms with Gasteiger partial charge in [-0.3, -0.25) is 4.79 Å². The van der Waals surface area contributed by atoms with E-state index in [0.717, 1.165) is 39.0 Å². The monoisotopic (exact) mass is 212 g/mol. The van der Waals surface area contributed by atoms with Crippen LogP contribution in [0.25, 0.3) is 0 Å². The molecule has 1 aliphatic heterocycles. The third-order valence-electron chi connectivity index (χ3n) is 3.37. The van der Waals surface area contributed by atoms with Crippen LogP contribution in [0.2, 0.25) is 0 Å². The van der Waals surface area contributed by atoms with Crippen LogP contribution in [0.5, 0.6) is 0 Å². The Morgan fingerprint density at radius 3 is 2.73 bits per heavy atom. The van der Waals surface area contributed by atoms with Crippen molar-refractivity contribution >= 4 is 5.78 Å². The summed E-state index contributed by atoms with van der Waals surface area (Å²) in [7, 11) is 2.18. The van der Waals surface area contributed by atoms with E-state index in [-0.39, 0.29) is 0 Å². The largest absolute Gasteiger partial charge is 0.301 e. The van der Waals surface area contributed by atoms with Crippen LogP contribution in [-0.2, 0) is 4.79 Å². The van der Waals surface area contributed by atoms with Gasteiger partial charge in [-0.25, -0.2) is 0 Å².